The zero-order chi connectivity index (χ0) is 24.8. The summed E-state index contributed by atoms with van der Waals surface area (Å²) in [6, 6.07) is 9.74. The van der Waals surface area contributed by atoms with Gasteiger partial charge in [-0.25, -0.2) is 8.42 Å². The molecule has 1 fully saturated rings. The summed E-state index contributed by atoms with van der Waals surface area (Å²) in [7, 11) is -4.10. The first-order valence-corrected chi connectivity index (χ1v) is 11.8. The molecule has 2 N–H and O–H groups in total. The molecule has 1 aliphatic heterocycles. The van der Waals surface area contributed by atoms with Crippen LogP contribution in [0.25, 0.3) is 10.4 Å². The number of phenolic OH excluding ortho intramolecular Hbond substituents is 1. The van der Waals surface area contributed by atoms with Crippen molar-refractivity contribution in [1.82, 2.24) is 15.0 Å². The van der Waals surface area contributed by atoms with Gasteiger partial charge in [0.25, 0.3) is 10.0 Å². The van der Waals surface area contributed by atoms with Crippen LogP contribution in [0.5, 0.6) is 5.75 Å². The SMILES string of the molecule is [N-]=[N+]=NS(=O)(=O)c1ccc(N=Nc2cc(Nc3nc(Cl)nc(N4CCOCC4)n3)ccc2O)cc1. The molecule has 0 atom stereocenters. The second-order valence-electron chi connectivity index (χ2n) is 7.00. The molecule has 14 nitrogen and oxygen atoms in total. The maximum Gasteiger partial charge on any atom is 0.264 e. The number of phenols is 1. The van der Waals surface area contributed by atoms with E-state index in [1.165, 1.54) is 36.4 Å². The maximum absolute atomic E-state index is 11.7. The van der Waals surface area contributed by atoms with Gasteiger partial charge in [0.1, 0.15) is 11.4 Å². The summed E-state index contributed by atoms with van der Waals surface area (Å²) in [5.41, 5.74) is 9.29. The van der Waals surface area contributed by atoms with Crippen molar-refractivity contribution in [3.63, 3.8) is 0 Å². The fourth-order valence-electron chi connectivity index (χ4n) is 3.00. The number of nitrogens with zero attached hydrogens (tertiary/aromatic N) is 9. The third-order valence-electron chi connectivity index (χ3n) is 4.67. The molecule has 3 aromatic rings. The van der Waals surface area contributed by atoms with E-state index in [4.69, 9.17) is 21.9 Å². The highest BCUT2D eigenvalue weighted by atomic mass is 35.5. The predicted octanol–water partition coefficient (Wildman–Crippen LogP) is 4.23. The molecule has 1 aliphatic rings. The molecular formula is C19H17ClN10O4S. The van der Waals surface area contributed by atoms with E-state index in [0.29, 0.717) is 43.6 Å². The lowest BCUT2D eigenvalue weighted by atomic mass is 10.2. The molecule has 35 heavy (non-hydrogen) atoms. The number of nitrogens with one attached hydrogen (secondary N) is 1. The molecular weight excluding hydrogens is 500 g/mol. The van der Waals surface area contributed by atoms with E-state index >= 15 is 0 Å². The van der Waals surface area contributed by atoms with Crippen molar-refractivity contribution in [2.45, 2.75) is 4.90 Å². The Bertz CT molecular complexity index is 1410. The smallest absolute Gasteiger partial charge is 0.264 e. The van der Waals surface area contributed by atoms with Gasteiger partial charge in [0.05, 0.1) is 23.8 Å². The zero-order valence-electron chi connectivity index (χ0n) is 17.9. The van der Waals surface area contributed by atoms with E-state index in [0.717, 1.165) is 0 Å². The minimum atomic E-state index is -4.10. The molecule has 2 aromatic carbocycles. The molecule has 4 rings (SSSR count). The first kappa shape index (κ1) is 24.1. The van der Waals surface area contributed by atoms with Crippen molar-refractivity contribution in [3.8, 4) is 5.75 Å². The lowest BCUT2D eigenvalue weighted by Gasteiger charge is -2.26. The lowest BCUT2D eigenvalue weighted by molar-refractivity contribution is 0.122. The molecule has 0 saturated carbocycles. The fourth-order valence-corrected chi connectivity index (χ4v) is 3.83. The van der Waals surface area contributed by atoms with E-state index in [9.17, 15) is 13.5 Å². The molecule has 1 aromatic heterocycles. The number of sulfonamides is 1. The Morgan fingerprint density at radius 3 is 2.54 bits per heavy atom. The van der Waals surface area contributed by atoms with Gasteiger partial charge in [-0.15, -0.1) is 5.11 Å². The van der Waals surface area contributed by atoms with E-state index in [-0.39, 0.29) is 27.6 Å². The first-order valence-electron chi connectivity index (χ1n) is 10.0. The van der Waals surface area contributed by atoms with E-state index in [2.05, 4.69) is 39.9 Å². The quantitative estimate of drug-likeness (QED) is 0.200. The molecule has 0 spiro atoms. The number of azide groups is 1. The van der Waals surface area contributed by atoms with E-state index < -0.39 is 10.0 Å². The number of azo groups is 1. The summed E-state index contributed by atoms with van der Waals surface area (Å²) in [4.78, 5) is 16.7. The summed E-state index contributed by atoms with van der Waals surface area (Å²) < 4.78 is 31.6. The first-order chi connectivity index (χ1) is 16.8. The summed E-state index contributed by atoms with van der Waals surface area (Å²) >= 11 is 6.07. The molecule has 180 valence electrons. The normalized spacial score (nSPS) is 14.0. The van der Waals surface area contributed by atoms with E-state index in [1.54, 1.807) is 6.07 Å². The molecule has 0 radical (unpaired) electrons. The molecule has 0 bridgehead atoms. The summed E-state index contributed by atoms with van der Waals surface area (Å²) in [5, 5.41) is 21.2. The summed E-state index contributed by atoms with van der Waals surface area (Å²) in [6.07, 6.45) is 0. The third-order valence-corrected chi connectivity index (χ3v) is 6.00. The Kier molecular flexibility index (Phi) is 7.22. The van der Waals surface area contributed by atoms with Gasteiger partial charge >= 0.3 is 0 Å². The highest BCUT2D eigenvalue weighted by molar-refractivity contribution is 7.90. The van der Waals surface area contributed by atoms with Crippen molar-refractivity contribution in [1.29, 1.82) is 0 Å². The van der Waals surface area contributed by atoms with Crippen LogP contribution in [0.15, 0.2) is 62.1 Å². The monoisotopic (exact) mass is 516 g/mol. The molecule has 16 heteroatoms. The van der Waals surface area contributed by atoms with Crippen LogP contribution in [-0.2, 0) is 14.8 Å². The predicted molar refractivity (Wildman–Crippen MR) is 126 cm³/mol. The van der Waals surface area contributed by atoms with Crippen LogP contribution in [0.3, 0.4) is 0 Å². The number of benzene rings is 2. The average molecular weight is 517 g/mol. The van der Waals surface area contributed by atoms with Crippen LogP contribution in [-0.4, -0.2) is 54.8 Å². The molecule has 2 heterocycles. The van der Waals surface area contributed by atoms with Gasteiger partial charge in [-0.2, -0.15) is 20.1 Å². The van der Waals surface area contributed by atoms with Gasteiger partial charge < -0.3 is 20.1 Å². The molecule has 0 aliphatic carbocycles. The molecule has 0 unspecified atom stereocenters. The summed E-state index contributed by atoms with van der Waals surface area (Å²) in [5.74, 6) is 0.488. The van der Waals surface area contributed by atoms with Gasteiger partial charge in [-0.05, 0) is 59.6 Å². The second kappa shape index (κ2) is 10.5. The minimum Gasteiger partial charge on any atom is -0.506 e. The summed E-state index contributed by atoms with van der Waals surface area (Å²) in [6.45, 7) is 2.37. The van der Waals surface area contributed by atoms with Gasteiger partial charge in [-0.3, -0.25) is 0 Å². The Balaban J connectivity index is 1.52. The Morgan fingerprint density at radius 1 is 1.09 bits per heavy atom. The van der Waals surface area contributed by atoms with Crippen LogP contribution in [0.2, 0.25) is 5.28 Å². The fraction of sp³-hybridized carbons (Fsp3) is 0.211. The van der Waals surface area contributed by atoms with Crippen molar-refractivity contribution in [2.24, 2.45) is 14.7 Å². The number of morpholine rings is 1. The number of hydrogen-bond acceptors (Lipinski definition) is 11. The molecule has 0 amide bonds. The van der Waals surface area contributed by atoms with Crippen LogP contribution < -0.4 is 10.2 Å². The van der Waals surface area contributed by atoms with Crippen LogP contribution in [0.4, 0.5) is 29.0 Å². The minimum absolute atomic E-state index is 0.0219. The topological polar surface area (TPSA) is 191 Å². The number of hydrogen-bond donors (Lipinski definition) is 2. The Labute approximate surface area is 204 Å². The van der Waals surface area contributed by atoms with Crippen molar-refractivity contribution in [2.75, 3.05) is 36.5 Å². The number of aromatic nitrogens is 3. The highest BCUT2D eigenvalue weighted by Crippen LogP contribution is 2.32. The van der Waals surface area contributed by atoms with Crippen molar-refractivity contribution >= 4 is 50.6 Å². The number of ether oxygens (including phenoxy) is 1. The standard InChI is InChI=1S/C19H17ClN10O4S/c20-17-23-18(25-19(24-17)30-7-9-34-10-8-30)22-13-3-6-16(31)15(11-13)27-26-12-1-4-14(5-2-12)35(32,33)29-28-21/h1-6,11,31H,7-10H2,(H,22,23,24,25). The zero-order valence-corrected chi connectivity index (χ0v) is 19.4. The number of aromatic hydroxyl groups is 1. The number of anilines is 3. The van der Waals surface area contributed by atoms with Crippen molar-refractivity contribution < 1.29 is 18.3 Å². The van der Waals surface area contributed by atoms with Gasteiger partial charge in [0.15, 0.2) is 0 Å². The van der Waals surface area contributed by atoms with Crippen molar-refractivity contribution in [3.05, 3.63) is 58.2 Å². The third kappa shape index (κ3) is 6.10. The molecule has 1 saturated heterocycles. The average Bonchev–Trinajstić information content (AvgIpc) is 2.85. The lowest BCUT2D eigenvalue weighted by Crippen LogP contribution is -2.37. The van der Waals surface area contributed by atoms with Gasteiger partial charge in [0.2, 0.25) is 17.2 Å². The van der Waals surface area contributed by atoms with Crippen LogP contribution in [0.1, 0.15) is 0 Å². The Hall–Kier alpha value is -4.04. The van der Waals surface area contributed by atoms with Gasteiger partial charge in [0, 0.05) is 28.2 Å². The largest absolute Gasteiger partial charge is 0.506 e. The number of rotatable bonds is 7. The maximum atomic E-state index is 11.7. The van der Waals surface area contributed by atoms with Gasteiger partial charge in [-0.1, -0.05) is 0 Å². The second-order valence-corrected chi connectivity index (χ2v) is 8.92. The highest BCUT2D eigenvalue weighted by Gasteiger charge is 2.16. The van der Waals surface area contributed by atoms with Crippen LogP contribution >= 0.6 is 11.6 Å². The number of halogens is 1. The Morgan fingerprint density at radius 2 is 1.83 bits per heavy atom. The van der Waals surface area contributed by atoms with Crippen LogP contribution in [0, 0.1) is 0 Å². The van der Waals surface area contributed by atoms with E-state index in [1.807, 2.05) is 4.90 Å².